The molecule has 1 heterocycles. The van der Waals surface area contributed by atoms with Crippen molar-refractivity contribution in [3.63, 3.8) is 0 Å². The summed E-state index contributed by atoms with van der Waals surface area (Å²) in [7, 11) is 4.37. The molecule has 1 aromatic rings. The average molecular weight is 379 g/mol. The number of nitrogens with one attached hydrogen (secondary N) is 2. The molecule has 1 aliphatic heterocycles. The summed E-state index contributed by atoms with van der Waals surface area (Å²) in [6.07, 6.45) is -0.0920. The van der Waals surface area contributed by atoms with Gasteiger partial charge < -0.3 is 24.8 Å². The van der Waals surface area contributed by atoms with E-state index >= 15 is 0 Å². The van der Waals surface area contributed by atoms with Crippen LogP contribution in [0.15, 0.2) is 18.2 Å². The Balaban J connectivity index is 1.93. The van der Waals surface area contributed by atoms with E-state index in [2.05, 4.69) is 15.4 Å². The van der Waals surface area contributed by atoms with Gasteiger partial charge in [-0.3, -0.25) is 19.3 Å². The number of piperazine rings is 1. The summed E-state index contributed by atoms with van der Waals surface area (Å²) >= 11 is 0. The van der Waals surface area contributed by atoms with Crippen LogP contribution in [0, 0.1) is 0 Å². The van der Waals surface area contributed by atoms with Gasteiger partial charge in [-0.15, -0.1) is 0 Å². The van der Waals surface area contributed by atoms with Gasteiger partial charge in [-0.1, -0.05) is 6.07 Å². The van der Waals surface area contributed by atoms with Crippen molar-refractivity contribution in [1.29, 1.82) is 0 Å². The first kappa shape index (κ1) is 20.5. The number of nitrogens with zero attached hydrogens (tertiary/aromatic N) is 1. The Morgan fingerprint density at radius 2 is 1.96 bits per heavy atom. The molecule has 1 atom stereocenters. The molecule has 0 unspecified atom stereocenters. The molecule has 0 radical (unpaired) electrons. The number of carbonyl (C=O) groups is 3. The van der Waals surface area contributed by atoms with Crippen molar-refractivity contribution in [1.82, 2.24) is 15.5 Å². The Hall–Kier alpha value is -2.81. The Morgan fingerprint density at radius 1 is 1.22 bits per heavy atom. The predicted molar refractivity (Wildman–Crippen MR) is 96.4 cm³/mol. The third kappa shape index (κ3) is 5.58. The lowest BCUT2D eigenvalue weighted by Gasteiger charge is -2.33. The lowest BCUT2D eigenvalue weighted by atomic mass is 10.1. The van der Waals surface area contributed by atoms with Crippen LogP contribution in [0.4, 0.5) is 0 Å². The van der Waals surface area contributed by atoms with Crippen LogP contribution >= 0.6 is 0 Å². The molecule has 148 valence electrons. The number of hydrogen-bond acceptors (Lipinski definition) is 7. The van der Waals surface area contributed by atoms with Gasteiger partial charge in [0.15, 0.2) is 11.5 Å². The molecule has 1 fully saturated rings. The molecule has 2 amide bonds. The van der Waals surface area contributed by atoms with E-state index in [0.29, 0.717) is 31.1 Å². The van der Waals surface area contributed by atoms with Crippen molar-refractivity contribution in [3.8, 4) is 11.5 Å². The Morgan fingerprint density at radius 3 is 2.63 bits per heavy atom. The molecule has 2 N–H and O–H groups in total. The summed E-state index contributed by atoms with van der Waals surface area (Å²) in [6.45, 7) is 1.24. The van der Waals surface area contributed by atoms with Gasteiger partial charge in [-0.25, -0.2) is 0 Å². The molecule has 0 spiro atoms. The van der Waals surface area contributed by atoms with Gasteiger partial charge in [0.25, 0.3) is 0 Å². The van der Waals surface area contributed by atoms with Gasteiger partial charge in [-0.2, -0.15) is 0 Å². The van der Waals surface area contributed by atoms with E-state index in [1.807, 2.05) is 6.07 Å². The number of methoxy groups -OCH3 is 3. The number of rotatable bonds is 8. The quantitative estimate of drug-likeness (QED) is 0.597. The highest BCUT2D eigenvalue weighted by Crippen LogP contribution is 2.27. The van der Waals surface area contributed by atoms with Crippen LogP contribution in [-0.4, -0.2) is 69.7 Å². The highest BCUT2D eigenvalue weighted by atomic mass is 16.5. The molecule has 0 saturated carbocycles. The number of carbonyl (C=O) groups excluding carboxylic acids is 3. The maximum absolute atomic E-state index is 12.3. The predicted octanol–water partition coefficient (Wildman–Crippen LogP) is -0.316. The monoisotopic (exact) mass is 379 g/mol. The lowest BCUT2D eigenvalue weighted by Crippen LogP contribution is -2.57. The minimum Gasteiger partial charge on any atom is -0.493 e. The van der Waals surface area contributed by atoms with Crippen LogP contribution in [0.25, 0.3) is 0 Å². The van der Waals surface area contributed by atoms with E-state index in [1.54, 1.807) is 31.3 Å². The van der Waals surface area contributed by atoms with Crippen LogP contribution in [0.5, 0.6) is 11.5 Å². The summed E-state index contributed by atoms with van der Waals surface area (Å²) in [5.41, 5.74) is 0.850. The Bertz CT molecular complexity index is 694. The first-order valence-electron chi connectivity index (χ1n) is 8.54. The number of ether oxygens (including phenoxy) is 3. The van der Waals surface area contributed by atoms with E-state index in [-0.39, 0.29) is 24.8 Å². The molecule has 1 saturated heterocycles. The molecule has 0 aromatic heterocycles. The normalized spacial score (nSPS) is 17.0. The summed E-state index contributed by atoms with van der Waals surface area (Å²) < 4.78 is 15.1. The summed E-state index contributed by atoms with van der Waals surface area (Å²) in [4.78, 5) is 37.6. The van der Waals surface area contributed by atoms with Gasteiger partial charge in [0.2, 0.25) is 11.8 Å². The Kier molecular flexibility index (Phi) is 7.42. The zero-order valence-electron chi connectivity index (χ0n) is 15.7. The topological polar surface area (TPSA) is 106 Å². The summed E-state index contributed by atoms with van der Waals surface area (Å²) in [6, 6.07) is 4.67. The zero-order chi connectivity index (χ0) is 19.8. The highest BCUT2D eigenvalue weighted by Gasteiger charge is 2.32. The number of hydrogen-bond donors (Lipinski definition) is 2. The van der Waals surface area contributed by atoms with Crippen LogP contribution in [0.3, 0.4) is 0 Å². The first-order valence-corrected chi connectivity index (χ1v) is 8.54. The maximum atomic E-state index is 12.3. The molecule has 1 aliphatic rings. The lowest BCUT2D eigenvalue weighted by molar-refractivity contribution is -0.146. The molecule has 2 rings (SSSR count). The van der Waals surface area contributed by atoms with Crippen molar-refractivity contribution in [2.45, 2.75) is 19.0 Å². The van der Waals surface area contributed by atoms with Gasteiger partial charge in [0, 0.05) is 19.6 Å². The van der Waals surface area contributed by atoms with Crippen molar-refractivity contribution in [3.05, 3.63) is 23.8 Å². The standard InChI is InChI=1S/C18H25N3O6/c1-25-14-5-4-12(8-15(14)26-2)10-20-16(22)11-21-7-6-19-18(24)13(21)9-17(23)27-3/h4-5,8,13H,6-7,9-11H2,1-3H3,(H,19,24)(H,20,22)/t13-/m1/s1. The van der Waals surface area contributed by atoms with Crippen LogP contribution < -0.4 is 20.1 Å². The fourth-order valence-electron chi connectivity index (χ4n) is 2.85. The van der Waals surface area contributed by atoms with E-state index in [0.717, 1.165) is 5.56 Å². The molecule has 0 aliphatic carbocycles. The second kappa shape index (κ2) is 9.77. The van der Waals surface area contributed by atoms with Gasteiger partial charge in [0.05, 0.1) is 34.3 Å². The van der Waals surface area contributed by atoms with Gasteiger partial charge in [0.1, 0.15) is 6.04 Å². The van der Waals surface area contributed by atoms with Crippen LogP contribution in [-0.2, 0) is 25.7 Å². The van der Waals surface area contributed by atoms with Gasteiger partial charge in [-0.05, 0) is 17.7 Å². The average Bonchev–Trinajstić information content (AvgIpc) is 2.68. The second-order valence-corrected chi connectivity index (χ2v) is 6.02. The molecule has 9 nitrogen and oxygen atoms in total. The Labute approximate surface area is 157 Å². The molecule has 27 heavy (non-hydrogen) atoms. The first-order chi connectivity index (χ1) is 13.0. The molecule has 1 aromatic carbocycles. The third-order valence-electron chi connectivity index (χ3n) is 4.31. The van der Waals surface area contributed by atoms with E-state index < -0.39 is 12.0 Å². The minimum atomic E-state index is -0.710. The fraction of sp³-hybridized carbons (Fsp3) is 0.500. The third-order valence-corrected chi connectivity index (χ3v) is 4.31. The fourth-order valence-corrected chi connectivity index (χ4v) is 2.85. The van der Waals surface area contributed by atoms with Crippen molar-refractivity contribution in [2.75, 3.05) is 41.0 Å². The molecule has 0 bridgehead atoms. The minimum absolute atomic E-state index is 0.0162. The van der Waals surface area contributed by atoms with E-state index in [1.165, 1.54) is 7.11 Å². The van der Waals surface area contributed by atoms with E-state index in [4.69, 9.17) is 9.47 Å². The largest absolute Gasteiger partial charge is 0.493 e. The number of benzene rings is 1. The second-order valence-electron chi connectivity index (χ2n) is 6.02. The SMILES string of the molecule is COC(=O)C[C@@H]1C(=O)NCCN1CC(=O)NCc1ccc(OC)c(OC)c1. The summed E-state index contributed by atoms with van der Waals surface area (Å²) in [5.74, 6) is 0.175. The van der Waals surface area contributed by atoms with Gasteiger partial charge >= 0.3 is 5.97 Å². The maximum Gasteiger partial charge on any atom is 0.307 e. The van der Waals surface area contributed by atoms with Crippen molar-refractivity contribution < 1.29 is 28.6 Å². The smallest absolute Gasteiger partial charge is 0.307 e. The number of amides is 2. The number of esters is 1. The van der Waals surface area contributed by atoms with Crippen molar-refractivity contribution in [2.24, 2.45) is 0 Å². The van der Waals surface area contributed by atoms with Crippen molar-refractivity contribution >= 4 is 17.8 Å². The highest BCUT2D eigenvalue weighted by molar-refractivity contribution is 5.88. The van der Waals surface area contributed by atoms with E-state index in [9.17, 15) is 14.4 Å². The molecular weight excluding hydrogens is 354 g/mol. The molecule has 9 heteroatoms. The van der Waals surface area contributed by atoms with Crippen LogP contribution in [0.2, 0.25) is 0 Å². The zero-order valence-corrected chi connectivity index (χ0v) is 15.7. The van der Waals surface area contributed by atoms with Crippen LogP contribution in [0.1, 0.15) is 12.0 Å². The summed E-state index contributed by atoms with van der Waals surface area (Å²) in [5, 5.41) is 5.51. The molecular formula is C18H25N3O6.